The molecule has 27 heavy (non-hydrogen) atoms. The summed E-state index contributed by atoms with van der Waals surface area (Å²) in [7, 11) is 0. The van der Waals surface area contributed by atoms with Crippen molar-refractivity contribution in [3.63, 3.8) is 0 Å². The second kappa shape index (κ2) is 7.35. The first-order valence-electron chi connectivity index (χ1n) is 8.63. The number of halogens is 1. The van der Waals surface area contributed by atoms with Crippen LogP contribution in [0.1, 0.15) is 30.5 Å². The topological polar surface area (TPSA) is 79.1 Å². The minimum absolute atomic E-state index is 0. The highest BCUT2D eigenvalue weighted by Crippen LogP contribution is 2.41. The number of rotatable bonds is 3. The van der Waals surface area contributed by atoms with Gasteiger partial charge in [0.25, 0.3) is 5.56 Å². The Morgan fingerprint density at radius 2 is 1.93 bits per heavy atom. The normalized spacial score (nSPS) is 12.3. The molecule has 0 aliphatic carbocycles. The number of nitrogens with one attached hydrogen (secondary N) is 1. The molecule has 0 radical (unpaired) electrons. The molecule has 4 rings (SSSR count). The summed E-state index contributed by atoms with van der Waals surface area (Å²) in [5, 5.41) is 14.4. The second-order valence-electron chi connectivity index (χ2n) is 6.59. The van der Waals surface area contributed by atoms with Crippen molar-refractivity contribution >= 4 is 44.7 Å². The molecular formula is C21H21ClN2O2S. The van der Waals surface area contributed by atoms with Crippen molar-refractivity contribution in [2.45, 2.75) is 26.3 Å². The van der Waals surface area contributed by atoms with Gasteiger partial charge in [-0.3, -0.25) is 4.79 Å². The lowest BCUT2D eigenvalue weighted by Crippen LogP contribution is -2.08. The average Bonchev–Trinajstić information content (AvgIpc) is 3.13. The zero-order valence-corrected chi connectivity index (χ0v) is 16.7. The molecule has 1 atom stereocenters. The summed E-state index contributed by atoms with van der Waals surface area (Å²) in [6.07, 6.45) is 0.870. The minimum atomic E-state index is -0.0912. The molecule has 0 saturated heterocycles. The van der Waals surface area contributed by atoms with Crippen molar-refractivity contribution in [2.24, 2.45) is 5.73 Å². The molecule has 0 bridgehead atoms. The summed E-state index contributed by atoms with van der Waals surface area (Å²) in [6, 6.07) is 11.6. The Morgan fingerprint density at radius 1 is 1.22 bits per heavy atom. The maximum atomic E-state index is 12.4. The van der Waals surface area contributed by atoms with E-state index in [1.807, 2.05) is 42.6 Å². The van der Waals surface area contributed by atoms with Crippen molar-refractivity contribution in [3.8, 4) is 16.9 Å². The van der Waals surface area contributed by atoms with Crippen LogP contribution < -0.4 is 11.3 Å². The van der Waals surface area contributed by atoms with E-state index in [1.54, 1.807) is 6.07 Å². The number of phenolic OH excluding ortho intramolecular Hbond substituents is 1. The molecule has 0 amide bonds. The van der Waals surface area contributed by atoms with Gasteiger partial charge >= 0.3 is 0 Å². The minimum Gasteiger partial charge on any atom is -0.507 e. The van der Waals surface area contributed by atoms with Crippen molar-refractivity contribution in [1.29, 1.82) is 0 Å². The van der Waals surface area contributed by atoms with E-state index in [-0.39, 0.29) is 29.8 Å². The van der Waals surface area contributed by atoms with Gasteiger partial charge in [0.2, 0.25) is 0 Å². The summed E-state index contributed by atoms with van der Waals surface area (Å²) in [4.78, 5) is 15.4. The van der Waals surface area contributed by atoms with E-state index in [0.717, 1.165) is 45.0 Å². The van der Waals surface area contributed by atoms with Crippen LogP contribution in [0.25, 0.3) is 32.1 Å². The first kappa shape index (κ1) is 19.4. The van der Waals surface area contributed by atoms with E-state index in [9.17, 15) is 9.90 Å². The van der Waals surface area contributed by atoms with Crippen molar-refractivity contribution in [1.82, 2.24) is 4.98 Å². The molecular weight excluding hydrogens is 380 g/mol. The standard InChI is InChI=1S/C21H20N2O2S.ClH/c1-3-15(22)12-4-6-13(7-5-12)17-16(24)10-11(2)19-18(17)14-8-9-26-20(14)21(25)23-19;/h4-10,15,24H,3,22H2,1-2H3,(H,23,25);1H/t15-;/m1./s1. The molecule has 4 aromatic rings. The Balaban J connectivity index is 0.00000210. The molecule has 6 heteroatoms. The van der Waals surface area contributed by atoms with Gasteiger partial charge in [0, 0.05) is 22.4 Å². The first-order chi connectivity index (χ1) is 12.5. The second-order valence-corrected chi connectivity index (χ2v) is 7.51. The number of aromatic hydroxyl groups is 1. The third-order valence-electron chi connectivity index (χ3n) is 4.95. The molecule has 0 aliphatic heterocycles. The third kappa shape index (κ3) is 3.12. The van der Waals surface area contributed by atoms with Crippen LogP contribution in [0.3, 0.4) is 0 Å². The highest BCUT2D eigenvalue weighted by atomic mass is 35.5. The van der Waals surface area contributed by atoms with Gasteiger partial charge in [-0.15, -0.1) is 23.7 Å². The first-order valence-corrected chi connectivity index (χ1v) is 9.51. The number of fused-ring (bicyclic) bond motifs is 3. The van der Waals surface area contributed by atoms with E-state index >= 15 is 0 Å². The van der Waals surface area contributed by atoms with Crippen molar-refractivity contribution in [2.75, 3.05) is 0 Å². The third-order valence-corrected chi connectivity index (χ3v) is 5.86. The number of nitrogens with two attached hydrogens (primary N) is 1. The van der Waals surface area contributed by atoms with Crippen LogP contribution in [0.4, 0.5) is 0 Å². The summed E-state index contributed by atoms with van der Waals surface area (Å²) in [6.45, 7) is 3.95. The maximum Gasteiger partial charge on any atom is 0.266 e. The summed E-state index contributed by atoms with van der Waals surface area (Å²) in [5.41, 5.74) is 10.3. The van der Waals surface area contributed by atoms with Crippen molar-refractivity contribution in [3.05, 3.63) is 63.3 Å². The summed E-state index contributed by atoms with van der Waals surface area (Å²) in [5.74, 6) is 0.210. The van der Waals surface area contributed by atoms with Crippen LogP contribution >= 0.6 is 23.7 Å². The SMILES string of the molecule is CC[C@@H](N)c1ccc(-c2c(O)cc(C)c3[nH]c(=O)c4sccc4c23)cc1.Cl. The summed E-state index contributed by atoms with van der Waals surface area (Å²) < 4.78 is 0.674. The van der Waals surface area contributed by atoms with Gasteiger partial charge in [-0.05, 0) is 47.5 Å². The maximum absolute atomic E-state index is 12.4. The fourth-order valence-electron chi connectivity index (χ4n) is 3.51. The Kier molecular flexibility index (Phi) is 5.29. The Labute approximate surface area is 167 Å². The number of pyridine rings is 1. The van der Waals surface area contributed by atoms with E-state index in [1.165, 1.54) is 11.3 Å². The van der Waals surface area contributed by atoms with E-state index < -0.39 is 0 Å². The van der Waals surface area contributed by atoms with Crippen molar-refractivity contribution < 1.29 is 5.11 Å². The van der Waals surface area contributed by atoms with Crippen LogP contribution in [0.15, 0.2) is 46.6 Å². The van der Waals surface area contributed by atoms with Gasteiger partial charge in [-0.1, -0.05) is 31.2 Å². The number of thiophene rings is 1. The molecule has 4 nitrogen and oxygen atoms in total. The average molecular weight is 401 g/mol. The highest BCUT2D eigenvalue weighted by Gasteiger charge is 2.17. The molecule has 2 aromatic heterocycles. The number of aryl methyl sites for hydroxylation is 1. The molecule has 0 unspecified atom stereocenters. The predicted molar refractivity (Wildman–Crippen MR) is 116 cm³/mol. The fraction of sp³-hybridized carbons (Fsp3) is 0.190. The molecule has 4 N–H and O–H groups in total. The molecule has 0 saturated carbocycles. The van der Waals surface area contributed by atoms with Crippen LogP contribution in [-0.4, -0.2) is 10.1 Å². The molecule has 2 heterocycles. The Morgan fingerprint density at radius 3 is 2.59 bits per heavy atom. The quantitative estimate of drug-likeness (QED) is 0.439. The fourth-order valence-corrected chi connectivity index (χ4v) is 4.30. The van der Waals surface area contributed by atoms with Gasteiger partial charge in [-0.25, -0.2) is 0 Å². The predicted octanol–water partition coefficient (Wildman–Crippen LogP) is 5.26. The number of hydrogen-bond donors (Lipinski definition) is 3. The number of hydrogen-bond acceptors (Lipinski definition) is 4. The summed E-state index contributed by atoms with van der Waals surface area (Å²) >= 11 is 1.41. The lowest BCUT2D eigenvalue weighted by Gasteiger charge is -2.14. The van der Waals surface area contributed by atoms with E-state index in [2.05, 4.69) is 11.9 Å². The van der Waals surface area contributed by atoms with Crippen LogP contribution in [0, 0.1) is 6.92 Å². The smallest absolute Gasteiger partial charge is 0.266 e. The van der Waals surface area contributed by atoms with Crippen LogP contribution in [-0.2, 0) is 0 Å². The zero-order valence-electron chi connectivity index (χ0n) is 15.1. The molecule has 0 spiro atoms. The number of aromatic amines is 1. The number of H-pyrrole nitrogens is 1. The number of phenols is 1. The largest absolute Gasteiger partial charge is 0.507 e. The van der Waals surface area contributed by atoms with Gasteiger partial charge in [0.1, 0.15) is 10.4 Å². The van der Waals surface area contributed by atoms with Gasteiger partial charge in [-0.2, -0.15) is 0 Å². The van der Waals surface area contributed by atoms with Gasteiger partial charge in [0.05, 0.1) is 5.52 Å². The van der Waals surface area contributed by atoms with Gasteiger partial charge in [0.15, 0.2) is 0 Å². The van der Waals surface area contributed by atoms with Gasteiger partial charge < -0.3 is 15.8 Å². The lowest BCUT2D eigenvalue weighted by atomic mass is 9.93. The monoisotopic (exact) mass is 400 g/mol. The van der Waals surface area contributed by atoms with Crippen LogP contribution in [0.5, 0.6) is 5.75 Å². The van der Waals surface area contributed by atoms with Crippen LogP contribution in [0.2, 0.25) is 0 Å². The van der Waals surface area contributed by atoms with E-state index in [0.29, 0.717) is 4.70 Å². The highest BCUT2D eigenvalue weighted by molar-refractivity contribution is 7.17. The number of benzene rings is 2. The van der Waals surface area contributed by atoms with E-state index in [4.69, 9.17) is 5.73 Å². The molecule has 0 fully saturated rings. The Bertz CT molecular complexity index is 1180. The zero-order chi connectivity index (χ0) is 18.4. The molecule has 140 valence electrons. The number of aromatic nitrogens is 1. The lowest BCUT2D eigenvalue weighted by molar-refractivity contribution is 0.477. The molecule has 0 aliphatic rings. The molecule has 2 aromatic carbocycles. The Hall–Kier alpha value is -2.34.